The van der Waals surface area contributed by atoms with Gasteiger partial charge in [-0.3, -0.25) is 14.5 Å². The lowest BCUT2D eigenvalue weighted by atomic mass is 9.81. The van der Waals surface area contributed by atoms with Crippen molar-refractivity contribution in [3.05, 3.63) is 42.0 Å². The molecule has 0 unspecified atom stereocenters. The molecule has 6 heteroatoms. The van der Waals surface area contributed by atoms with Gasteiger partial charge in [-0.25, -0.2) is 4.79 Å². The van der Waals surface area contributed by atoms with Gasteiger partial charge in [0.15, 0.2) is 0 Å². The molecule has 0 atom stereocenters. The Morgan fingerprint density at radius 2 is 1.81 bits per heavy atom. The minimum Gasteiger partial charge on any atom is -0.467 e. The Kier molecular flexibility index (Phi) is 4.34. The van der Waals surface area contributed by atoms with Crippen molar-refractivity contribution in [2.24, 2.45) is 0 Å². The Bertz CT molecular complexity index is 926. The van der Waals surface area contributed by atoms with E-state index in [4.69, 9.17) is 4.74 Å². The van der Waals surface area contributed by atoms with Gasteiger partial charge in [0.05, 0.1) is 12.8 Å². The SMILES string of the molecule is COC(=O)C1(NC(=O)CN2C(=O)c3cccc4cccc2c34)CCCCC1. The standard InChI is InChI=1S/C21H22N2O4/c1-27-20(26)21(11-3-2-4-12-21)22-17(24)13-23-16-10-6-8-14-7-5-9-15(18(14)16)19(23)25/h5-10H,2-4,11-13H2,1H3,(H,22,24). The van der Waals surface area contributed by atoms with Crippen LogP contribution < -0.4 is 10.2 Å². The average molecular weight is 366 g/mol. The number of anilines is 1. The molecule has 0 aromatic heterocycles. The van der Waals surface area contributed by atoms with Crippen LogP contribution in [0, 0.1) is 0 Å². The van der Waals surface area contributed by atoms with E-state index in [2.05, 4.69) is 5.32 Å². The highest BCUT2D eigenvalue weighted by Gasteiger charge is 2.42. The van der Waals surface area contributed by atoms with Crippen LogP contribution in [0.3, 0.4) is 0 Å². The lowest BCUT2D eigenvalue weighted by molar-refractivity contribution is -0.152. The number of nitrogens with zero attached hydrogens (tertiary/aromatic N) is 1. The second-order valence-electron chi connectivity index (χ2n) is 7.25. The zero-order chi connectivity index (χ0) is 19.0. The van der Waals surface area contributed by atoms with Crippen LogP contribution in [0.15, 0.2) is 36.4 Å². The maximum Gasteiger partial charge on any atom is 0.331 e. The maximum absolute atomic E-state index is 12.8. The first-order chi connectivity index (χ1) is 13.1. The summed E-state index contributed by atoms with van der Waals surface area (Å²) in [6, 6.07) is 11.3. The van der Waals surface area contributed by atoms with Crippen LogP contribution in [0.5, 0.6) is 0 Å². The van der Waals surface area contributed by atoms with Crippen molar-refractivity contribution in [3.8, 4) is 0 Å². The van der Waals surface area contributed by atoms with Gasteiger partial charge in [-0.05, 0) is 30.4 Å². The van der Waals surface area contributed by atoms with E-state index in [0.717, 1.165) is 35.7 Å². The molecule has 140 valence electrons. The number of benzene rings is 2. The third-order valence-electron chi connectivity index (χ3n) is 5.61. The summed E-state index contributed by atoms with van der Waals surface area (Å²) in [5.41, 5.74) is 0.362. The van der Waals surface area contributed by atoms with Gasteiger partial charge in [0.1, 0.15) is 12.1 Å². The van der Waals surface area contributed by atoms with Gasteiger partial charge in [0.25, 0.3) is 5.91 Å². The largest absolute Gasteiger partial charge is 0.467 e. The molecule has 0 saturated heterocycles. The number of hydrogen-bond donors (Lipinski definition) is 1. The molecule has 2 amide bonds. The predicted molar refractivity (Wildman–Crippen MR) is 102 cm³/mol. The highest BCUT2D eigenvalue weighted by molar-refractivity contribution is 6.26. The molecule has 4 rings (SSSR count). The fourth-order valence-corrected chi connectivity index (χ4v) is 4.32. The maximum atomic E-state index is 12.8. The predicted octanol–water partition coefficient (Wildman–Crippen LogP) is 2.79. The molecule has 6 nitrogen and oxygen atoms in total. The summed E-state index contributed by atoms with van der Waals surface area (Å²) >= 11 is 0. The number of carbonyl (C=O) groups is 3. The smallest absolute Gasteiger partial charge is 0.331 e. The molecular formula is C21H22N2O4. The molecule has 1 aliphatic carbocycles. The fraction of sp³-hybridized carbons (Fsp3) is 0.381. The monoisotopic (exact) mass is 366 g/mol. The van der Waals surface area contributed by atoms with E-state index in [0.29, 0.717) is 18.4 Å². The third kappa shape index (κ3) is 2.85. The lowest BCUT2D eigenvalue weighted by Gasteiger charge is -2.35. The van der Waals surface area contributed by atoms with E-state index in [1.807, 2.05) is 30.3 Å². The van der Waals surface area contributed by atoms with Crippen LogP contribution in [-0.4, -0.2) is 37.0 Å². The van der Waals surface area contributed by atoms with Crippen LogP contribution in [0.4, 0.5) is 5.69 Å². The van der Waals surface area contributed by atoms with Crippen molar-refractivity contribution < 1.29 is 19.1 Å². The molecule has 1 aliphatic heterocycles. The van der Waals surface area contributed by atoms with Crippen molar-refractivity contribution in [2.45, 2.75) is 37.6 Å². The van der Waals surface area contributed by atoms with Gasteiger partial charge in [-0.1, -0.05) is 43.5 Å². The molecular weight excluding hydrogens is 344 g/mol. The number of hydrogen-bond acceptors (Lipinski definition) is 4. The van der Waals surface area contributed by atoms with E-state index in [1.165, 1.54) is 12.0 Å². The van der Waals surface area contributed by atoms with Crippen LogP contribution in [0.25, 0.3) is 10.8 Å². The number of esters is 1. The minimum atomic E-state index is -0.980. The van der Waals surface area contributed by atoms with Crippen molar-refractivity contribution in [3.63, 3.8) is 0 Å². The van der Waals surface area contributed by atoms with Crippen molar-refractivity contribution in [2.75, 3.05) is 18.6 Å². The Labute approximate surface area is 157 Å². The van der Waals surface area contributed by atoms with Gasteiger partial charge in [-0.15, -0.1) is 0 Å². The molecule has 1 saturated carbocycles. The zero-order valence-corrected chi connectivity index (χ0v) is 15.3. The summed E-state index contributed by atoms with van der Waals surface area (Å²) in [6.07, 6.45) is 3.90. The molecule has 1 N–H and O–H groups in total. The number of methoxy groups -OCH3 is 1. The van der Waals surface area contributed by atoms with E-state index in [1.54, 1.807) is 6.07 Å². The average Bonchev–Trinajstić information content (AvgIpc) is 2.96. The van der Waals surface area contributed by atoms with E-state index in [9.17, 15) is 14.4 Å². The topological polar surface area (TPSA) is 75.7 Å². The van der Waals surface area contributed by atoms with Gasteiger partial charge in [0.2, 0.25) is 5.91 Å². The van der Waals surface area contributed by atoms with Crippen molar-refractivity contribution in [1.29, 1.82) is 0 Å². The molecule has 1 fully saturated rings. The minimum absolute atomic E-state index is 0.120. The van der Waals surface area contributed by atoms with Crippen LogP contribution in [0.2, 0.25) is 0 Å². The van der Waals surface area contributed by atoms with E-state index < -0.39 is 11.5 Å². The molecule has 27 heavy (non-hydrogen) atoms. The Morgan fingerprint density at radius 3 is 2.52 bits per heavy atom. The Balaban J connectivity index is 1.58. The van der Waals surface area contributed by atoms with Gasteiger partial charge in [0, 0.05) is 10.9 Å². The van der Waals surface area contributed by atoms with Crippen LogP contribution in [-0.2, 0) is 14.3 Å². The Hall–Kier alpha value is -2.89. The first kappa shape index (κ1) is 17.5. The summed E-state index contributed by atoms with van der Waals surface area (Å²) in [7, 11) is 1.34. The number of carbonyl (C=O) groups excluding carboxylic acids is 3. The van der Waals surface area contributed by atoms with E-state index in [-0.39, 0.29) is 18.4 Å². The second kappa shape index (κ2) is 6.68. The summed E-state index contributed by atoms with van der Waals surface area (Å²) in [4.78, 5) is 39.5. The molecule has 2 aromatic carbocycles. The lowest BCUT2D eigenvalue weighted by Crippen LogP contribution is -2.58. The van der Waals surface area contributed by atoms with Crippen LogP contribution >= 0.6 is 0 Å². The first-order valence-corrected chi connectivity index (χ1v) is 9.29. The van der Waals surface area contributed by atoms with Gasteiger partial charge >= 0.3 is 5.97 Å². The molecule has 0 bridgehead atoms. The molecule has 0 radical (unpaired) electrons. The first-order valence-electron chi connectivity index (χ1n) is 9.29. The summed E-state index contributed by atoms with van der Waals surface area (Å²) in [6.45, 7) is -0.120. The van der Waals surface area contributed by atoms with E-state index >= 15 is 0 Å². The second-order valence-corrected chi connectivity index (χ2v) is 7.25. The highest BCUT2D eigenvalue weighted by atomic mass is 16.5. The quantitative estimate of drug-likeness (QED) is 0.845. The van der Waals surface area contributed by atoms with Crippen molar-refractivity contribution in [1.82, 2.24) is 5.32 Å². The number of amides is 2. The van der Waals surface area contributed by atoms with Gasteiger partial charge < -0.3 is 10.1 Å². The molecule has 0 spiro atoms. The van der Waals surface area contributed by atoms with Crippen molar-refractivity contribution >= 4 is 34.2 Å². The number of nitrogens with one attached hydrogen (secondary N) is 1. The zero-order valence-electron chi connectivity index (χ0n) is 15.3. The summed E-state index contributed by atoms with van der Waals surface area (Å²) < 4.78 is 4.95. The normalized spacial score (nSPS) is 17.8. The molecule has 1 heterocycles. The Morgan fingerprint density at radius 1 is 1.11 bits per heavy atom. The number of rotatable bonds is 4. The van der Waals surface area contributed by atoms with Crippen LogP contribution in [0.1, 0.15) is 42.5 Å². The third-order valence-corrected chi connectivity index (χ3v) is 5.61. The summed E-state index contributed by atoms with van der Waals surface area (Å²) in [5, 5.41) is 4.73. The van der Waals surface area contributed by atoms with Gasteiger partial charge in [-0.2, -0.15) is 0 Å². The fourth-order valence-electron chi connectivity index (χ4n) is 4.32. The molecule has 2 aromatic rings. The summed E-state index contributed by atoms with van der Waals surface area (Å²) in [5.74, 6) is -0.943. The molecule has 2 aliphatic rings. The number of ether oxygens (including phenoxy) is 1. The highest BCUT2D eigenvalue weighted by Crippen LogP contribution is 2.37.